The third kappa shape index (κ3) is 2.29. The van der Waals surface area contributed by atoms with Crippen molar-refractivity contribution in [3.05, 3.63) is 84.2 Å². The van der Waals surface area contributed by atoms with Gasteiger partial charge in [-0.3, -0.25) is 4.98 Å². The van der Waals surface area contributed by atoms with Gasteiger partial charge in [-0.1, -0.05) is 42.5 Å². The van der Waals surface area contributed by atoms with Crippen LogP contribution in [0.5, 0.6) is 0 Å². The predicted octanol–water partition coefficient (Wildman–Crippen LogP) is 4.46. The van der Waals surface area contributed by atoms with Crippen LogP contribution in [0.4, 0.5) is 5.69 Å². The van der Waals surface area contributed by atoms with Crippen LogP contribution < -0.4 is 5.32 Å². The lowest BCUT2D eigenvalue weighted by molar-refractivity contribution is 0.788. The van der Waals surface area contributed by atoms with Crippen LogP contribution in [-0.4, -0.2) is 4.98 Å². The van der Waals surface area contributed by atoms with Gasteiger partial charge in [0.05, 0.1) is 11.7 Å². The lowest BCUT2D eigenvalue weighted by Crippen LogP contribution is -2.07. The minimum atomic E-state index is 0.284. The van der Waals surface area contributed by atoms with Gasteiger partial charge in [-0.25, -0.2) is 0 Å². The van der Waals surface area contributed by atoms with Crippen LogP contribution in [0.3, 0.4) is 0 Å². The number of benzene rings is 2. The smallest absolute Gasteiger partial charge is 0.0726 e. The number of anilines is 1. The zero-order valence-corrected chi connectivity index (χ0v) is 11.7. The summed E-state index contributed by atoms with van der Waals surface area (Å²) in [5.74, 6) is 0. The monoisotopic (exact) mass is 272 g/mol. The Kier molecular flexibility index (Phi) is 2.93. The average Bonchev–Trinajstić information content (AvgIpc) is 2.99. The zero-order chi connectivity index (χ0) is 14.1. The maximum Gasteiger partial charge on any atom is 0.0726 e. The molecule has 1 aromatic heterocycles. The fraction of sp³-hybridized carbons (Fsp3) is 0.105. The van der Waals surface area contributed by atoms with Gasteiger partial charge in [-0.15, -0.1) is 0 Å². The SMILES string of the molecule is c1ccc(-c2ccc3c(c2)CC(c2ccccn2)N3)cc1. The average molecular weight is 272 g/mol. The second kappa shape index (κ2) is 5.06. The Morgan fingerprint density at radius 3 is 2.52 bits per heavy atom. The van der Waals surface area contributed by atoms with Gasteiger partial charge in [0.2, 0.25) is 0 Å². The molecule has 2 heterocycles. The normalized spacial score (nSPS) is 16.3. The van der Waals surface area contributed by atoms with E-state index in [1.54, 1.807) is 0 Å². The topological polar surface area (TPSA) is 24.9 Å². The summed E-state index contributed by atoms with van der Waals surface area (Å²) in [5, 5.41) is 3.57. The van der Waals surface area contributed by atoms with Gasteiger partial charge in [-0.05, 0) is 41.0 Å². The molecule has 2 heteroatoms. The summed E-state index contributed by atoms with van der Waals surface area (Å²) in [5.41, 5.74) is 6.24. The highest BCUT2D eigenvalue weighted by molar-refractivity contribution is 5.70. The Hall–Kier alpha value is -2.61. The lowest BCUT2D eigenvalue weighted by atomic mass is 10.0. The van der Waals surface area contributed by atoms with Crippen LogP contribution in [-0.2, 0) is 6.42 Å². The minimum absolute atomic E-state index is 0.284. The van der Waals surface area contributed by atoms with Gasteiger partial charge in [-0.2, -0.15) is 0 Å². The molecule has 2 aromatic carbocycles. The van der Waals surface area contributed by atoms with E-state index >= 15 is 0 Å². The number of aromatic nitrogens is 1. The van der Waals surface area contributed by atoms with Gasteiger partial charge in [0.25, 0.3) is 0 Å². The highest BCUT2D eigenvalue weighted by atomic mass is 15.0. The fourth-order valence-electron chi connectivity index (χ4n) is 2.93. The molecule has 0 bridgehead atoms. The molecule has 1 atom stereocenters. The lowest BCUT2D eigenvalue weighted by Gasteiger charge is -2.09. The van der Waals surface area contributed by atoms with Crippen molar-refractivity contribution in [2.75, 3.05) is 5.32 Å². The molecule has 21 heavy (non-hydrogen) atoms. The molecule has 0 amide bonds. The number of hydrogen-bond acceptors (Lipinski definition) is 2. The van der Waals surface area contributed by atoms with Gasteiger partial charge >= 0.3 is 0 Å². The Morgan fingerprint density at radius 2 is 1.71 bits per heavy atom. The number of hydrogen-bond donors (Lipinski definition) is 1. The minimum Gasteiger partial charge on any atom is -0.376 e. The first kappa shape index (κ1) is 12.2. The van der Waals surface area contributed by atoms with E-state index in [4.69, 9.17) is 0 Å². The zero-order valence-electron chi connectivity index (χ0n) is 11.7. The largest absolute Gasteiger partial charge is 0.376 e. The van der Waals surface area contributed by atoms with E-state index in [0.29, 0.717) is 0 Å². The van der Waals surface area contributed by atoms with E-state index in [-0.39, 0.29) is 6.04 Å². The van der Waals surface area contributed by atoms with Crippen molar-refractivity contribution in [1.29, 1.82) is 0 Å². The van der Waals surface area contributed by atoms with Crippen molar-refractivity contribution in [3.63, 3.8) is 0 Å². The summed E-state index contributed by atoms with van der Waals surface area (Å²) < 4.78 is 0. The van der Waals surface area contributed by atoms with E-state index in [1.807, 2.05) is 18.3 Å². The van der Waals surface area contributed by atoms with Gasteiger partial charge < -0.3 is 5.32 Å². The molecule has 2 nitrogen and oxygen atoms in total. The van der Waals surface area contributed by atoms with Gasteiger partial charge in [0, 0.05) is 18.3 Å². The maximum atomic E-state index is 4.46. The number of nitrogens with zero attached hydrogens (tertiary/aromatic N) is 1. The Morgan fingerprint density at radius 1 is 0.857 bits per heavy atom. The highest BCUT2D eigenvalue weighted by Crippen LogP contribution is 2.35. The molecular weight excluding hydrogens is 256 g/mol. The molecule has 0 aliphatic carbocycles. The van der Waals surface area contributed by atoms with Gasteiger partial charge in [0.1, 0.15) is 0 Å². The molecule has 0 radical (unpaired) electrons. The fourth-order valence-corrected chi connectivity index (χ4v) is 2.93. The third-order valence-electron chi connectivity index (χ3n) is 4.01. The van der Waals surface area contributed by atoms with Crippen LogP contribution in [0.2, 0.25) is 0 Å². The predicted molar refractivity (Wildman–Crippen MR) is 86.2 cm³/mol. The third-order valence-corrected chi connectivity index (χ3v) is 4.01. The van der Waals surface area contributed by atoms with Crippen molar-refractivity contribution >= 4 is 5.69 Å². The van der Waals surface area contributed by atoms with Crippen molar-refractivity contribution in [2.45, 2.75) is 12.5 Å². The highest BCUT2D eigenvalue weighted by Gasteiger charge is 2.22. The van der Waals surface area contributed by atoms with Crippen LogP contribution in [0.25, 0.3) is 11.1 Å². The second-order valence-electron chi connectivity index (χ2n) is 5.39. The first-order chi connectivity index (χ1) is 10.4. The Bertz CT molecular complexity index is 751. The number of nitrogens with one attached hydrogen (secondary N) is 1. The van der Waals surface area contributed by atoms with Crippen LogP contribution in [0.15, 0.2) is 72.9 Å². The van der Waals surface area contributed by atoms with Crippen molar-refractivity contribution in [1.82, 2.24) is 4.98 Å². The molecule has 4 rings (SSSR count). The summed E-state index contributed by atoms with van der Waals surface area (Å²) in [6.45, 7) is 0. The van der Waals surface area contributed by atoms with Crippen molar-refractivity contribution in [3.8, 4) is 11.1 Å². The molecule has 3 aromatic rings. The van der Waals surface area contributed by atoms with Crippen LogP contribution >= 0.6 is 0 Å². The molecule has 1 aliphatic rings. The maximum absolute atomic E-state index is 4.46. The first-order valence-corrected chi connectivity index (χ1v) is 7.26. The summed E-state index contributed by atoms with van der Waals surface area (Å²) in [7, 11) is 0. The van der Waals surface area contributed by atoms with E-state index in [1.165, 1.54) is 22.4 Å². The van der Waals surface area contributed by atoms with Crippen molar-refractivity contribution < 1.29 is 0 Å². The molecule has 1 N–H and O–H groups in total. The number of pyridine rings is 1. The summed E-state index contributed by atoms with van der Waals surface area (Å²) in [6, 6.07) is 23.5. The number of fused-ring (bicyclic) bond motifs is 1. The quantitative estimate of drug-likeness (QED) is 0.745. The standard InChI is InChI=1S/C19H16N2/c1-2-6-14(7-3-1)15-9-10-17-16(12-15)13-19(21-17)18-8-4-5-11-20-18/h1-12,19,21H,13H2. The van der Waals surface area contributed by atoms with Crippen LogP contribution in [0, 0.1) is 0 Å². The molecule has 0 saturated carbocycles. The summed E-state index contributed by atoms with van der Waals surface area (Å²) in [6.07, 6.45) is 2.85. The molecule has 102 valence electrons. The number of rotatable bonds is 2. The molecule has 1 unspecified atom stereocenters. The van der Waals surface area contributed by atoms with E-state index in [9.17, 15) is 0 Å². The van der Waals surface area contributed by atoms with E-state index in [0.717, 1.165) is 12.1 Å². The Labute approximate surface area is 124 Å². The molecular formula is C19H16N2. The first-order valence-electron chi connectivity index (χ1n) is 7.26. The Balaban J connectivity index is 1.65. The van der Waals surface area contributed by atoms with E-state index < -0.39 is 0 Å². The van der Waals surface area contributed by atoms with Crippen molar-refractivity contribution in [2.24, 2.45) is 0 Å². The van der Waals surface area contributed by atoms with E-state index in [2.05, 4.69) is 64.9 Å². The second-order valence-corrected chi connectivity index (χ2v) is 5.39. The van der Waals surface area contributed by atoms with Crippen LogP contribution in [0.1, 0.15) is 17.3 Å². The summed E-state index contributed by atoms with van der Waals surface area (Å²) >= 11 is 0. The molecule has 0 spiro atoms. The molecule has 1 aliphatic heterocycles. The van der Waals surface area contributed by atoms with Gasteiger partial charge in [0.15, 0.2) is 0 Å². The molecule has 0 fully saturated rings. The molecule has 0 saturated heterocycles. The summed E-state index contributed by atoms with van der Waals surface area (Å²) in [4.78, 5) is 4.46.